The van der Waals surface area contributed by atoms with Crippen molar-refractivity contribution in [3.63, 3.8) is 0 Å². The Labute approximate surface area is 105 Å². The van der Waals surface area contributed by atoms with Gasteiger partial charge in [0.2, 0.25) is 5.91 Å². The second-order valence-electron chi connectivity index (χ2n) is 4.01. The van der Waals surface area contributed by atoms with Gasteiger partial charge in [0.25, 0.3) is 0 Å². The molecule has 6 heteroatoms. The highest BCUT2D eigenvalue weighted by Crippen LogP contribution is 2.20. The van der Waals surface area contributed by atoms with Gasteiger partial charge in [0, 0.05) is 23.3 Å². The van der Waals surface area contributed by atoms with Crippen molar-refractivity contribution >= 4 is 35.2 Å². The number of halogens is 1. The van der Waals surface area contributed by atoms with E-state index in [0.29, 0.717) is 11.5 Å². The maximum Gasteiger partial charge on any atom is 0.329 e. The van der Waals surface area contributed by atoms with Crippen molar-refractivity contribution in [2.45, 2.75) is 31.7 Å². The third kappa shape index (κ3) is 7.82. The van der Waals surface area contributed by atoms with Crippen LogP contribution in [0.15, 0.2) is 0 Å². The summed E-state index contributed by atoms with van der Waals surface area (Å²) in [5.74, 6) is 0.473. The van der Waals surface area contributed by atoms with Crippen LogP contribution in [0, 0.1) is 0 Å². The average Bonchev–Trinajstić information content (AvgIpc) is 2.12. The molecule has 0 aromatic heterocycles. The molecule has 0 aliphatic rings. The Morgan fingerprint density at radius 3 is 2.44 bits per heavy atom. The van der Waals surface area contributed by atoms with Crippen molar-refractivity contribution in [3.05, 3.63) is 0 Å². The van der Waals surface area contributed by atoms with Crippen LogP contribution in [0.4, 0.5) is 0 Å². The number of alkyl halides is 1. The Morgan fingerprint density at radius 1 is 1.50 bits per heavy atom. The van der Waals surface area contributed by atoms with Crippen LogP contribution in [0.1, 0.15) is 20.8 Å². The van der Waals surface area contributed by atoms with E-state index in [0.717, 1.165) is 0 Å². The predicted molar refractivity (Wildman–Crippen MR) is 66.9 cm³/mol. The lowest BCUT2D eigenvalue weighted by molar-refractivity contribution is -0.144. The Hall–Kier alpha value is -0.420. The number of nitrogens with one attached hydrogen (secondary N) is 1. The van der Waals surface area contributed by atoms with Crippen molar-refractivity contribution in [2.24, 2.45) is 0 Å². The van der Waals surface area contributed by atoms with E-state index in [1.54, 1.807) is 0 Å². The van der Waals surface area contributed by atoms with Crippen LogP contribution in [0.3, 0.4) is 0 Å². The first kappa shape index (κ1) is 15.6. The van der Waals surface area contributed by atoms with Gasteiger partial charge in [-0.25, -0.2) is 4.79 Å². The molecule has 0 saturated heterocycles. The van der Waals surface area contributed by atoms with Gasteiger partial charge in [-0.15, -0.1) is 11.6 Å². The minimum absolute atomic E-state index is 0.249. The largest absolute Gasteiger partial charge is 0.467 e. The van der Waals surface area contributed by atoms with Crippen LogP contribution >= 0.6 is 23.4 Å². The fourth-order valence-corrected chi connectivity index (χ4v) is 2.27. The van der Waals surface area contributed by atoms with Gasteiger partial charge in [-0.3, -0.25) is 4.79 Å². The third-order valence-electron chi connectivity index (χ3n) is 1.59. The molecule has 0 heterocycles. The van der Waals surface area contributed by atoms with E-state index >= 15 is 0 Å². The van der Waals surface area contributed by atoms with Gasteiger partial charge >= 0.3 is 5.97 Å². The number of methoxy groups -OCH3 is 1. The summed E-state index contributed by atoms with van der Waals surface area (Å²) >= 11 is 7.52. The lowest BCUT2D eigenvalue weighted by Gasteiger charge is -2.18. The van der Waals surface area contributed by atoms with Gasteiger partial charge in [0.15, 0.2) is 0 Å². The first-order valence-electron chi connectivity index (χ1n) is 4.88. The molecule has 16 heavy (non-hydrogen) atoms. The summed E-state index contributed by atoms with van der Waals surface area (Å²) in [5.41, 5.74) is 0. The van der Waals surface area contributed by atoms with Crippen LogP contribution in [-0.2, 0) is 14.3 Å². The van der Waals surface area contributed by atoms with E-state index in [1.807, 2.05) is 13.8 Å². The van der Waals surface area contributed by atoms with Crippen LogP contribution in [0.25, 0.3) is 0 Å². The molecule has 0 bridgehead atoms. The summed E-state index contributed by atoms with van der Waals surface area (Å²) in [5, 5.41) is 2.54. The Bertz CT molecular complexity index is 253. The lowest BCUT2D eigenvalue weighted by Crippen LogP contribution is -2.42. The molecule has 1 N–H and O–H groups in total. The zero-order valence-electron chi connectivity index (χ0n) is 10.0. The predicted octanol–water partition coefficient (Wildman–Crippen LogP) is 1.41. The molecule has 0 aromatic rings. The molecule has 0 aliphatic heterocycles. The molecule has 0 unspecified atom stereocenters. The normalized spacial score (nSPS) is 13.1. The van der Waals surface area contributed by atoms with Gasteiger partial charge in [0.1, 0.15) is 6.04 Å². The second-order valence-corrected chi connectivity index (χ2v) is 6.06. The van der Waals surface area contributed by atoms with E-state index in [-0.39, 0.29) is 10.8 Å². The van der Waals surface area contributed by atoms with Crippen LogP contribution in [0.5, 0.6) is 0 Å². The Morgan fingerprint density at radius 2 is 2.06 bits per heavy atom. The van der Waals surface area contributed by atoms with Crippen molar-refractivity contribution in [3.8, 4) is 0 Å². The van der Waals surface area contributed by atoms with E-state index in [2.05, 4.69) is 10.1 Å². The highest BCUT2D eigenvalue weighted by atomic mass is 35.5. The third-order valence-corrected chi connectivity index (χ3v) is 3.38. The van der Waals surface area contributed by atoms with Crippen molar-refractivity contribution in [1.82, 2.24) is 5.32 Å². The van der Waals surface area contributed by atoms with Gasteiger partial charge in [-0.05, 0) is 13.8 Å². The maximum absolute atomic E-state index is 11.3. The minimum atomic E-state index is -0.605. The van der Waals surface area contributed by atoms with E-state index in [9.17, 15) is 9.59 Å². The molecule has 0 aliphatic carbocycles. The highest BCUT2D eigenvalue weighted by molar-refractivity contribution is 7.99. The van der Waals surface area contributed by atoms with Crippen molar-refractivity contribution in [2.75, 3.05) is 18.6 Å². The summed E-state index contributed by atoms with van der Waals surface area (Å²) in [4.78, 5) is 21.9. The number of ether oxygens (including phenoxy) is 1. The standard InChI is InChI=1S/C10H18ClNO3S/c1-7(13)12-8(9(14)15-4)5-16-6-10(2,3)11/h8H,5-6H2,1-4H3,(H,12,13)/t8-/m0/s1. The molecule has 0 spiro atoms. The number of carbonyl (C=O) groups excluding carboxylic acids is 2. The fraction of sp³-hybridized carbons (Fsp3) is 0.800. The average molecular weight is 268 g/mol. The molecular weight excluding hydrogens is 250 g/mol. The van der Waals surface area contributed by atoms with E-state index < -0.39 is 12.0 Å². The summed E-state index contributed by atoms with van der Waals surface area (Å²) < 4.78 is 4.60. The fourth-order valence-electron chi connectivity index (χ4n) is 0.976. The smallest absolute Gasteiger partial charge is 0.329 e. The number of esters is 1. The van der Waals surface area contributed by atoms with Gasteiger partial charge < -0.3 is 10.1 Å². The van der Waals surface area contributed by atoms with Crippen LogP contribution in [0.2, 0.25) is 0 Å². The van der Waals surface area contributed by atoms with Crippen LogP contribution < -0.4 is 5.32 Å². The second kappa shape index (κ2) is 7.01. The Kier molecular flexibility index (Phi) is 6.83. The number of hydrogen-bond acceptors (Lipinski definition) is 4. The molecular formula is C10H18ClNO3S. The van der Waals surface area contributed by atoms with Gasteiger partial charge in [0.05, 0.1) is 7.11 Å². The number of amides is 1. The van der Waals surface area contributed by atoms with E-state index in [4.69, 9.17) is 11.6 Å². The van der Waals surface area contributed by atoms with Crippen molar-refractivity contribution in [1.29, 1.82) is 0 Å². The topological polar surface area (TPSA) is 55.4 Å². The summed E-state index contributed by atoms with van der Waals surface area (Å²) in [6, 6.07) is -0.605. The number of hydrogen-bond donors (Lipinski definition) is 1. The minimum Gasteiger partial charge on any atom is -0.467 e. The first-order chi connectivity index (χ1) is 7.26. The van der Waals surface area contributed by atoms with Gasteiger partial charge in [-0.2, -0.15) is 11.8 Å². The SMILES string of the molecule is COC(=O)[C@H](CSCC(C)(C)Cl)NC(C)=O. The number of rotatable bonds is 6. The molecule has 0 saturated carbocycles. The quantitative estimate of drug-likeness (QED) is 0.584. The monoisotopic (exact) mass is 267 g/mol. The van der Waals surface area contributed by atoms with Gasteiger partial charge in [-0.1, -0.05) is 0 Å². The molecule has 4 nitrogen and oxygen atoms in total. The Balaban J connectivity index is 4.12. The summed E-state index contributed by atoms with van der Waals surface area (Å²) in [6.07, 6.45) is 0. The molecule has 0 fully saturated rings. The van der Waals surface area contributed by atoms with Crippen LogP contribution in [-0.4, -0.2) is 41.4 Å². The molecule has 0 radical (unpaired) electrons. The van der Waals surface area contributed by atoms with Crippen molar-refractivity contribution < 1.29 is 14.3 Å². The molecule has 0 rings (SSSR count). The zero-order chi connectivity index (χ0) is 12.8. The number of thioether (sulfide) groups is 1. The number of carbonyl (C=O) groups is 2. The summed E-state index contributed by atoms with van der Waals surface area (Å²) in [6.45, 7) is 5.16. The lowest BCUT2D eigenvalue weighted by atomic mass is 10.3. The van der Waals surface area contributed by atoms with E-state index in [1.165, 1.54) is 25.8 Å². The molecule has 1 atom stereocenters. The summed E-state index contributed by atoms with van der Waals surface area (Å²) in [7, 11) is 1.30. The molecule has 94 valence electrons. The maximum atomic E-state index is 11.3. The molecule has 0 aromatic carbocycles. The molecule has 1 amide bonds. The first-order valence-corrected chi connectivity index (χ1v) is 6.41. The highest BCUT2D eigenvalue weighted by Gasteiger charge is 2.21. The zero-order valence-corrected chi connectivity index (χ0v) is 11.6.